The Morgan fingerprint density at radius 3 is 2.67 bits per heavy atom. The minimum atomic E-state index is -0.628. The lowest BCUT2D eigenvalue weighted by Crippen LogP contribution is -2.31. The molecule has 0 bridgehead atoms. The fourth-order valence-electron chi connectivity index (χ4n) is 2.47. The van der Waals surface area contributed by atoms with Gasteiger partial charge in [-0.05, 0) is 50.2 Å². The molecule has 0 saturated carbocycles. The zero-order chi connectivity index (χ0) is 17.1. The van der Waals surface area contributed by atoms with Crippen LogP contribution >= 0.6 is 15.9 Å². The van der Waals surface area contributed by atoms with Gasteiger partial charge in [-0.3, -0.25) is 10.1 Å². The van der Waals surface area contributed by atoms with Crippen molar-refractivity contribution in [3.8, 4) is 5.75 Å². The lowest BCUT2D eigenvalue weighted by molar-refractivity contribution is -0.122. The van der Waals surface area contributed by atoms with Gasteiger partial charge in [0.2, 0.25) is 5.95 Å². The minimum Gasteiger partial charge on any atom is -0.481 e. The van der Waals surface area contributed by atoms with Crippen LogP contribution in [0.5, 0.6) is 5.75 Å². The number of benzene rings is 2. The van der Waals surface area contributed by atoms with E-state index in [0.29, 0.717) is 11.7 Å². The molecule has 3 rings (SSSR count). The van der Waals surface area contributed by atoms with Crippen molar-refractivity contribution in [1.29, 1.82) is 0 Å². The number of aromatic nitrogens is 2. The van der Waals surface area contributed by atoms with Gasteiger partial charge in [0.25, 0.3) is 5.91 Å². The number of amides is 1. The van der Waals surface area contributed by atoms with Gasteiger partial charge in [-0.15, -0.1) is 0 Å². The molecule has 1 unspecified atom stereocenters. The topological polar surface area (TPSA) is 56.2 Å². The van der Waals surface area contributed by atoms with Crippen LogP contribution in [0.1, 0.15) is 13.8 Å². The fraction of sp³-hybridized carbons (Fsp3) is 0.222. The van der Waals surface area contributed by atoms with Gasteiger partial charge in [0, 0.05) is 11.0 Å². The molecule has 1 atom stereocenters. The van der Waals surface area contributed by atoms with Crippen LogP contribution in [0.3, 0.4) is 0 Å². The molecule has 3 aromatic rings. The summed E-state index contributed by atoms with van der Waals surface area (Å²) in [6.07, 6.45) is -0.628. The average Bonchev–Trinajstić information content (AvgIpc) is 2.93. The van der Waals surface area contributed by atoms with Gasteiger partial charge in [0.15, 0.2) is 6.10 Å². The first-order valence-corrected chi connectivity index (χ1v) is 8.56. The molecule has 0 aliphatic carbocycles. The highest BCUT2D eigenvalue weighted by molar-refractivity contribution is 9.10. The number of para-hydroxylation sites is 2. The Bertz CT molecular complexity index is 858. The number of imidazole rings is 1. The van der Waals surface area contributed by atoms with Gasteiger partial charge in [0.05, 0.1) is 11.0 Å². The zero-order valence-corrected chi connectivity index (χ0v) is 15.1. The maximum atomic E-state index is 12.4. The van der Waals surface area contributed by atoms with Crippen LogP contribution < -0.4 is 10.1 Å². The molecule has 0 saturated heterocycles. The van der Waals surface area contributed by atoms with E-state index in [0.717, 1.165) is 22.1 Å². The summed E-state index contributed by atoms with van der Waals surface area (Å²) in [5.41, 5.74) is 1.85. The third-order valence-corrected chi connectivity index (χ3v) is 4.23. The molecule has 0 fully saturated rings. The lowest BCUT2D eigenvalue weighted by atomic mass is 10.3. The van der Waals surface area contributed by atoms with Crippen LogP contribution in [-0.4, -0.2) is 21.6 Å². The molecule has 124 valence electrons. The number of hydrogen-bond donors (Lipinski definition) is 1. The molecule has 24 heavy (non-hydrogen) atoms. The second-order valence-electron chi connectivity index (χ2n) is 5.37. The Balaban J connectivity index is 1.75. The average molecular weight is 388 g/mol. The first-order chi connectivity index (χ1) is 11.6. The summed E-state index contributed by atoms with van der Waals surface area (Å²) in [7, 11) is 0. The van der Waals surface area contributed by atoms with Gasteiger partial charge in [-0.25, -0.2) is 4.98 Å². The number of nitrogens with zero attached hydrogens (tertiary/aromatic N) is 2. The van der Waals surface area contributed by atoms with Crippen LogP contribution in [0.15, 0.2) is 53.0 Å². The van der Waals surface area contributed by atoms with Crippen LogP contribution in [0.4, 0.5) is 5.95 Å². The molecule has 6 heteroatoms. The number of rotatable bonds is 5. The van der Waals surface area contributed by atoms with Crippen molar-refractivity contribution in [2.75, 3.05) is 5.32 Å². The third-order valence-electron chi connectivity index (χ3n) is 3.70. The molecule has 0 aliphatic rings. The molecular weight excluding hydrogens is 370 g/mol. The highest BCUT2D eigenvalue weighted by atomic mass is 79.9. The van der Waals surface area contributed by atoms with Gasteiger partial charge in [-0.2, -0.15) is 0 Å². The van der Waals surface area contributed by atoms with E-state index in [1.54, 1.807) is 6.92 Å². The van der Waals surface area contributed by atoms with Crippen molar-refractivity contribution in [2.24, 2.45) is 0 Å². The van der Waals surface area contributed by atoms with Crippen molar-refractivity contribution >= 4 is 38.8 Å². The summed E-state index contributed by atoms with van der Waals surface area (Å²) in [6, 6.07) is 15.2. The molecule has 0 radical (unpaired) electrons. The predicted molar refractivity (Wildman–Crippen MR) is 98.3 cm³/mol. The Morgan fingerprint density at radius 2 is 1.96 bits per heavy atom. The van der Waals surface area contributed by atoms with Gasteiger partial charge in [0.1, 0.15) is 5.75 Å². The summed E-state index contributed by atoms with van der Waals surface area (Å²) >= 11 is 3.37. The van der Waals surface area contributed by atoms with Crippen molar-refractivity contribution in [3.05, 3.63) is 53.0 Å². The van der Waals surface area contributed by atoms with Crippen LogP contribution in [0.2, 0.25) is 0 Å². The molecule has 1 aromatic heterocycles. The highest BCUT2D eigenvalue weighted by Crippen LogP contribution is 2.20. The number of ether oxygens (including phenoxy) is 1. The molecular formula is C18H18BrN3O2. The first-order valence-electron chi connectivity index (χ1n) is 7.77. The second kappa shape index (κ2) is 7.05. The second-order valence-corrected chi connectivity index (χ2v) is 6.29. The molecule has 2 aromatic carbocycles. The monoisotopic (exact) mass is 387 g/mol. The number of fused-ring (bicyclic) bond motifs is 1. The fourth-order valence-corrected chi connectivity index (χ4v) is 2.74. The summed E-state index contributed by atoms with van der Waals surface area (Å²) in [5.74, 6) is 0.947. The van der Waals surface area contributed by atoms with E-state index in [2.05, 4.69) is 26.2 Å². The number of carbonyl (C=O) groups excluding carboxylic acids is 1. The van der Waals surface area contributed by atoms with E-state index in [-0.39, 0.29) is 5.91 Å². The standard InChI is InChI=1S/C18H18BrN3O2/c1-3-22-16-7-5-4-6-15(16)20-18(22)21-17(23)12(2)24-14-10-8-13(19)9-11-14/h4-12H,3H2,1-2H3,(H,20,21,23). The van der Waals surface area contributed by atoms with E-state index in [1.165, 1.54) is 0 Å². The number of nitrogens with one attached hydrogen (secondary N) is 1. The van der Waals surface area contributed by atoms with Gasteiger partial charge in [-0.1, -0.05) is 28.1 Å². The van der Waals surface area contributed by atoms with Crippen molar-refractivity contribution < 1.29 is 9.53 Å². The van der Waals surface area contributed by atoms with E-state index in [4.69, 9.17) is 4.74 Å². The summed E-state index contributed by atoms with van der Waals surface area (Å²) < 4.78 is 8.61. The number of anilines is 1. The van der Waals surface area contributed by atoms with Crippen molar-refractivity contribution in [1.82, 2.24) is 9.55 Å². The Labute approximate surface area is 148 Å². The van der Waals surface area contributed by atoms with Crippen molar-refractivity contribution in [2.45, 2.75) is 26.5 Å². The Kier molecular flexibility index (Phi) is 4.85. The number of aryl methyl sites for hydroxylation is 1. The predicted octanol–water partition coefficient (Wildman–Crippen LogP) is 4.22. The third kappa shape index (κ3) is 3.43. The van der Waals surface area contributed by atoms with Gasteiger partial charge >= 0.3 is 0 Å². The number of hydrogen-bond acceptors (Lipinski definition) is 3. The molecule has 0 spiro atoms. The summed E-state index contributed by atoms with van der Waals surface area (Å²) in [6.45, 7) is 4.46. The van der Waals surface area contributed by atoms with E-state index >= 15 is 0 Å². The molecule has 1 heterocycles. The van der Waals surface area contributed by atoms with Crippen LogP contribution in [0, 0.1) is 0 Å². The SMILES string of the molecule is CCn1c(NC(=O)C(C)Oc2ccc(Br)cc2)nc2ccccc21. The maximum Gasteiger partial charge on any atom is 0.267 e. The molecule has 1 amide bonds. The maximum absolute atomic E-state index is 12.4. The Morgan fingerprint density at radius 1 is 1.25 bits per heavy atom. The lowest BCUT2D eigenvalue weighted by Gasteiger charge is -2.15. The van der Waals surface area contributed by atoms with E-state index < -0.39 is 6.10 Å². The summed E-state index contributed by atoms with van der Waals surface area (Å²) in [4.78, 5) is 16.9. The summed E-state index contributed by atoms with van der Waals surface area (Å²) in [5, 5.41) is 2.86. The van der Waals surface area contributed by atoms with Crippen LogP contribution in [0.25, 0.3) is 11.0 Å². The number of halogens is 1. The zero-order valence-electron chi connectivity index (χ0n) is 13.5. The Hall–Kier alpha value is -2.34. The van der Waals surface area contributed by atoms with Gasteiger partial charge < -0.3 is 9.30 Å². The van der Waals surface area contributed by atoms with Crippen LogP contribution in [-0.2, 0) is 11.3 Å². The molecule has 5 nitrogen and oxygen atoms in total. The van der Waals surface area contributed by atoms with E-state index in [9.17, 15) is 4.79 Å². The molecule has 1 N–H and O–H groups in total. The highest BCUT2D eigenvalue weighted by Gasteiger charge is 2.18. The largest absolute Gasteiger partial charge is 0.481 e. The normalized spacial score (nSPS) is 12.1. The van der Waals surface area contributed by atoms with Crippen molar-refractivity contribution in [3.63, 3.8) is 0 Å². The smallest absolute Gasteiger partial charge is 0.267 e. The first kappa shape index (κ1) is 16.5. The molecule has 0 aliphatic heterocycles. The quantitative estimate of drug-likeness (QED) is 0.712. The number of carbonyl (C=O) groups is 1. The van der Waals surface area contributed by atoms with E-state index in [1.807, 2.05) is 60.0 Å². The minimum absolute atomic E-state index is 0.233.